The zero-order valence-electron chi connectivity index (χ0n) is 11.6. The summed E-state index contributed by atoms with van der Waals surface area (Å²) in [5, 5.41) is 8.93. The molecule has 0 aliphatic heterocycles. The average molecular weight is 327 g/mol. The summed E-state index contributed by atoms with van der Waals surface area (Å²) < 4.78 is 52.7. The molecule has 0 heterocycles. The van der Waals surface area contributed by atoms with Crippen molar-refractivity contribution in [1.29, 1.82) is 0 Å². The molecule has 118 valence electrons. The Labute approximate surface area is 127 Å². The van der Waals surface area contributed by atoms with Crippen molar-refractivity contribution < 1.29 is 22.3 Å². The number of aliphatic hydroxyl groups excluding tert-OH is 1. The average Bonchev–Trinajstić information content (AvgIpc) is 2.50. The molecule has 7 heteroatoms. The Hall–Kier alpha value is -1.83. The summed E-state index contributed by atoms with van der Waals surface area (Å²) >= 11 is 0. The molecule has 0 aromatic heterocycles. The van der Waals surface area contributed by atoms with Gasteiger partial charge in [0.2, 0.25) is 10.0 Å². The molecule has 0 aliphatic rings. The van der Waals surface area contributed by atoms with Gasteiger partial charge in [-0.2, -0.15) is 0 Å². The van der Waals surface area contributed by atoms with Gasteiger partial charge in [0.1, 0.15) is 16.5 Å². The molecule has 4 nitrogen and oxygen atoms in total. The van der Waals surface area contributed by atoms with Crippen molar-refractivity contribution in [1.82, 2.24) is 4.72 Å². The Bertz CT molecular complexity index is 746. The molecular weight excluding hydrogens is 312 g/mol. The number of sulfonamides is 1. The van der Waals surface area contributed by atoms with Gasteiger partial charge >= 0.3 is 0 Å². The Morgan fingerprint density at radius 1 is 1.00 bits per heavy atom. The molecule has 0 atom stereocenters. The predicted octanol–water partition coefficient (Wildman–Crippen LogP) is 1.98. The Morgan fingerprint density at radius 3 is 2.27 bits per heavy atom. The molecule has 2 aromatic rings. The number of halogens is 2. The van der Waals surface area contributed by atoms with E-state index >= 15 is 0 Å². The minimum absolute atomic E-state index is 0.0523. The molecule has 2 rings (SSSR count). The summed E-state index contributed by atoms with van der Waals surface area (Å²) in [4.78, 5) is -0.705. The van der Waals surface area contributed by atoms with E-state index in [4.69, 9.17) is 5.11 Å². The van der Waals surface area contributed by atoms with Gasteiger partial charge in [-0.3, -0.25) is 0 Å². The maximum absolute atomic E-state index is 13.5. The molecule has 0 bridgehead atoms. The molecule has 2 N–H and O–H groups in total. The summed E-state index contributed by atoms with van der Waals surface area (Å²) in [6.07, 6.45) is 0.391. The van der Waals surface area contributed by atoms with Gasteiger partial charge in [-0.15, -0.1) is 0 Å². The molecular formula is C15H15F2NO3S. The van der Waals surface area contributed by atoms with Crippen LogP contribution in [0.15, 0.2) is 47.4 Å². The number of aliphatic hydroxyl groups is 1. The van der Waals surface area contributed by atoms with Crippen molar-refractivity contribution >= 4 is 10.0 Å². The largest absolute Gasteiger partial charge is 0.392 e. The second-order valence-corrected chi connectivity index (χ2v) is 6.43. The number of rotatable bonds is 6. The van der Waals surface area contributed by atoms with E-state index in [2.05, 4.69) is 4.72 Å². The van der Waals surface area contributed by atoms with Crippen molar-refractivity contribution in [3.63, 3.8) is 0 Å². The molecule has 0 fully saturated rings. The van der Waals surface area contributed by atoms with Crippen LogP contribution < -0.4 is 4.72 Å². The summed E-state index contributed by atoms with van der Waals surface area (Å²) in [7, 11) is -4.10. The first kappa shape index (κ1) is 16.5. The van der Waals surface area contributed by atoms with Gasteiger partial charge in [-0.05, 0) is 35.7 Å². The quantitative estimate of drug-likeness (QED) is 0.852. The van der Waals surface area contributed by atoms with Crippen LogP contribution in [0.3, 0.4) is 0 Å². The summed E-state index contributed by atoms with van der Waals surface area (Å²) in [6, 6.07) is 9.28. The smallest absolute Gasteiger partial charge is 0.243 e. The van der Waals surface area contributed by atoms with Gasteiger partial charge in [0, 0.05) is 6.54 Å². The minimum atomic E-state index is -4.10. The minimum Gasteiger partial charge on any atom is -0.392 e. The van der Waals surface area contributed by atoms with Crippen LogP contribution in [0.5, 0.6) is 0 Å². The summed E-state index contributed by atoms with van der Waals surface area (Å²) in [6.45, 7) is -0.0114. The van der Waals surface area contributed by atoms with Gasteiger partial charge in [0.05, 0.1) is 6.61 Å². The third-order valence-corrected chi connectivity index (χ3v) is 4.57. The molecule has 0 unspecified atom stereocenters. The molecule has 0 aliphatic carbocycles. The zero-order chi connectivity index (χ0) is 16.2. The topological polar surface area (TPSA) is 66.4 Å². The molecule has 0 spiro atoms. The molecule has 22 heavy (non-hydrogen) atoms. The van der Waals surface area contributed by atoms with E-state index in [1.165, 1.54) is 0 Å². The summed E-state index contributed by atoms with van der Waals surface area (Å²) in [5.74, 6) is -1.82. The van der Waals surface area contributed by atoms with Crippen LogP contribution in [0.2, 0.25) is 0 Å². The highest BCUT2D eigenvalue weighted by Crippen LogP contribution is 2.15. The lowest BCUT2D eigenvalue weighted by molar-refractivity contribution is 0.282. The fraction of sp³-hybridized carbons (Fsp3) is 0.200. The number of nitrogens with one attached hydrogen (secondary N) is 1. The van der Waals surface area contributed by atoms with Crippen LogP contribution >= 0.6 is 0 Å². The molecule has 0 saturated carbocycles. The van der Waals surface area contributed by atoms with Gasteiger partial charge in [0.15, 0.2) is 0 Å². The first-order valence-corrected chi connectivity index (χ1v) is 8.04. The third kappa shape index (κ3) is 4.09. The van der Waals surface area contributed by atoms with Crippen LogP contribution in [0.25, 0.3) is 0 Å². The maximum Gasteiger partial charge on any atom is 0.243 e. The van der Waals surface area contributed by atoms with E-state index in [-0.39, 0.29) is 13.2 Å². The van der Waals surface area contributed by atoms with Gasteiger partial charge in [-0.25, -0.2) is 21.9 Å². The fourth-order valence-corrected chi connectivity index (χ4v) is 3.02. The maximum atomic E-state index is 13.5. The van der Waals surface area contributed by atoms with Gasteiger partial charge in [-0.1, -0.05) is 24.3 Å². The van der Waals surface area contributed by atoms with Gasteiger partial charge < -0.3 is 5.11 Å². The van der Waals surface area contributed by atoms with E-state index in [0.29, 0.717) is 12.5 Å². The van der Waals surface area contributed by atoms with Crippen LogP contribution in [0.1, 0.15) is 11.1 Å². The zero-order valence-corrected chi connectivity index (χ0v) is 12.4. The Morgan fingerprint density at radius 2 is 1.64 bits per heavy atom. The third-order valence-electron chi connectivity index (χ3n) is 3.09. The second kappa shape index (κ2) is 6.95. The first-order chi connectivity index (χ1) is 10.4. The van der Waals surface area contributed by atoms with Crippen molar-refractivity contribution in [2.24, 2.45) is 0 Å². The summed E-state index contributed by atoms with van der Waals surface area (Å²) in [5.41, 5.74) is 1.62. The van der Waals surface area contributed by atoms with E-state index in [0.717, 1.165) is 23.3 Å². The Balaban J connectivity index is 2.01. The monoisotopic (exact) mass is 327 g/mol. The lowest BCUT2D eigenvalue weighted by Crippen LogP contribution is -2.27. The molecule has 0 radical (unpaired) electrons. The lowest BCUT2D eigenvalue weighted by Gasteiger charge is -2.08. The van der Waals surface area contributed by atoms with Crippen LogP contribution in [0.4, 0.5) is 8.78 Å². The highest BCUT2D eigenvalue weighted by molar-refractivity contribution is 7.89. The van der Waals surface area contributed by atoms with Crippen molar-refractivity contribution in [2.75, 3.05) is 6.54 Å². The first-order valence-electron chi connectivity index (χ1n) is 6.56. The van der Waals surface area contributed by atoms with Crippen LogP contribution in [0, 0.1) is 11.6 Å². The number of hydrogen-bond acceptors (Lipinski definition) is 3. The van der Waals surface area contributed by atoms with Crippen molar-refractivity contribution in [3.05, 3.63) is 65.2 Å². The van der Waals surface area contributed by atoms with E-state index in [1.807, 2.05) is 0 Å². The standard InChI is InChI=1S/C15H15F2NO3S/c16-13-5-6-14(17)15(9-13)22(20,21)18-8-7-11-1-3-12(10-19)4-2-11/h1-6,9,18-19H,7-8,10H2. The number of hydrogen-bond donors (Lipinski definition) is 2. The van der Waals surface area contributed by atoms with E-state index < -0.39 is 26.6 Å². The normalized spacial score (nSPS) is 11.6. The van der Waals surface area contributed by atoms with E-state index in [9.17, 15) is 17.2 Å². The Kier molecular flexibility index (Phi) is 5.23. The van der Waals surface area contributed by atoms with Crippen LogP contribution in [-0.4, -0.2) is 20.1 Å². The molecule has 2 aromatic carbocycles. The highest BCUT2D eigenvalue weighted by Gasteiger charge is 2.19. The van der Waals surface area contributed by atoms with Gasteiger partial charge in [0.25, 0.3) is 0 Å². The highest BCUT2D eigenvalue weighted by atomic mass is 32.2. The fourth-order valence-electron chi connectivity index (χ4n) is 1.90. The second-order valence-electron chi connectivity index (χ2n) is 4.70. The lowest BCUT2D eigenvalue weighted by atomic mass is 10.1. The van der Waals surface area contributed by atoms with Crippen LogP contribution in [-0.2, 0) is 23.1 Å². The SMILES string of the molecule is O=S(=O)(NCCc1ccc(CO)cc1)c1cc(F)ccc1F. The van der Waals surface area contributed by atoms with Crippen molar-refractivity contribution in [3.8, 4) is 0 Å². The molecule has 0 saturated heterocycles. The van der Waals surface area contributed by atoms with E-state index in [1.54, 1.807) is 24.3 Å². The number of benzene rings is 2. The molecule has 0 amide bonds. The predicted molar refractivity (Wildman–Crippen MR) is 77.6 cm³/mol. The van der Waals surface area contributed by atoms with Crippen molar-refractivity contribution in [2.45, 2.75) is 17.9 Å².